The zero-order chi connectivity index (χ0) is 19.7. The zero-order valence-electron chi connectivity index (χ0n) is 15.7. The molecule has 1 amide bonds. The smallest absolute Gasteiger partial charge is 0.258 e. The molecular formula is C21H20N4O2S. The fourth-order valence-electron chi connectivity index (χ4n) is 3.28. The first-order valence-electron chi connectivity index (χ1n) is 9.15. The first-order chi connectivity index (χ1) is 13.5. The number of hydrogen-bond donors (Lipinski definition) is 2. The number of carbonyl (C=O) groups is 1. The van der Waals surface area contributed by atoms with Gasteiger partial charge in [-0.2, -0.15) is 0 Å². The highest BCUT2D eigenvalue weighted by Gasteiger charge is 2.10. The SMILES string of the molecule is Cc1cc(C)c2nc(NC(=O)CCCc3nc4ccccc4c(=O)[nH]3)sc2c1. The van der Waals surface area contributed by atoms with Crippen molar-refractivity contribution in [2.45, 2.75) is 33.1 Å². The van der Waals surface area contributed by atoms with E-state index in [1.54, 1.807) is 6.07 Å². The normalized spacial score (nSPS) is 11.2. The zero-order valence-corrected chi connectivity index (χ0v) is 16.5. The van der Waals surface area contributed by atoms with Gasteiger partial charge in [0.1, 0.15) is 5.82 Å². The van der Waals surface area contributed by atoms with Crippen LogP contribution in [0.2, 0.25) is 0 Å². The van der Waals surface area contributed by atoms with Gasteiger partial charge in [-0.1, -0.05) is 29.5 Å². The highest BCUT2D eigenvalue weighted by molar-refractivity contribution is 7.22. The minimum Gasteiger partial charge on any atom is -0.310 e. The van der Waals surface area contributed by atoms with E-state index in [9.17, 15) is 9.59 Å². The molecule has 0 saturated heterocycles. The highest BCUT2D eigenvalue weighted by atomic mass is 32.1. The Morgan fingerprint density at radius 3 is 2.86 bits per heavy atom. The van der Waals surface area contributed by atoms with E-state index < -0.39 is 0 Å². The van der Waals surface area contributed by atoms with E-state index in [4.69, 9.17) is 0 Å². The number of hydrogen-bond acceptors (Lipinski definition) is 5. The van der Waals surface area contributed by atoms with Crippen LogP contribution in [0.4, 0.5) is 5.13 Å². The van der Waals surface area contributed by atoms with Crippen molar-refractivity contribution in [3.63, 3.8) is 0 Å². The quantitative estimate of drug-likeness (QED) is 0.535. The first-order valence-corrected chi connectivity index (χ1v) is 9.97. The lowest BCUT2D eigenvalue weighted by Crippen LogP contribution is -2.14. The van der Waals surface area contributed by atoms with Gasteiger partial charge in [-0.15, -0.1) is 0 Å². The van der Waals surface area contributed by atoms with Gasteiger partial charge in [-0.3, -0.25) is 9.59 Å². The summed E-state index contributed by atoms with van der Waals surface area (Å²) in [6.07, 6.45) is 1.46. The van der Waals surface area contributed by atoms with Crippen LogP contribution in [0, 0.1) is 13.8 Å². The summed E-state index contributed by atoms with van der Waals surface area (Å²) < 4.78 is 1.07. The summed E-state index contributed by atoms with van der Waals surface area (Å²) in [5.41, 5.74) is 3.75. The number of benzene rings is 2. The monoisotopic (exact) mass is 392 g/mol. The number of para-hydroxylation sites is 1. The predicted molar refractivity (Wildman–Crippen MR) is 113 cm³/mol. The molecule has 28 heavy (non-hydrogen) atoms. The number of amides is 1. The number of aromatic nitrogens is 3. The Labute approximate surface area is 165 Å². The third kappa shape index (κ3) is 3.80. The maximum atomic E-state index is 12.3. The van der Waals surface area contributed by atoms with Crippen LogP contribution in [0.25, 0.3) is 21.1 Å². The van der Waals surface area contributed by atoms with Crippen molar-refractivity contribution in [2.24, 2.45) is 0 Å². The summed E-state index contributed by atoms with van der Waals surface area (Å²) in [5, 5.41) is 4.07. The van der Waals surface area contributed by atoms with E-state index in [1.807, 2.05) is 25.1 Å². The molecule has 2 aromatic heterocycles. The molecule has 2 aromatic carbocycles. The molecule has 2 heterocycles. The number of aryl methyl sites for hydroxylation is 3. The van der Waals surface area contributed by atoms with Crippen molar-refractivity contribution < 1.29 is 4.79 Å². The average molecular weight is 392 g/mol. The number of fused-ring (bicyclic) bond motifs is 2. The molecule has 0 aliphatic heterocycles. The Bertz CT molecular complexity index is 1240. The average Bonchev–Trinajstić information content (AvgIpc) is 3.04. The maximum absolute atomic E-state index is 12.3. The van der Waals surface area contributed by atoms with E-state index in [0.29, 0.717) is 41.1 Å². The minimum atomic E-state index is -0.148. The third-order valence-corrected chi connectivity index (χ3v) is 5.47. The van der Waals surface area contributed by atoms with Crippen LogP contribution in [0.5, 0.6) is 0 Å². The molecule has 0 atom stereocenters. The van der Waals surface area contributed by atoms with Crippen LogP contribution < -0.4 is 10.9 Å². The minimum absolute atomic E-state index is 0.0865. The molecule has 142 valence electrons. The second kappa shape index (κ2) is 7.52. The van der Waals surface area contributed by atoms with E-state index >= 15 is 0 Å². The molecule has 0 spiro atoms. The second-order valence-corrected chi connectivity index (χ2v) is 7.91. The lowest BCUT2D eigenvalue weighted by molar-refractivity contribution is -0.116. The Morgan fingerprint density at radius 2 is 2.00 bits per heavy atom. The fourth-order valence-corrected chi connectivity index (χ4v) is 4.33. The highest BCUT2D eigenvalue weighted by Crippen LogP contribution is 2.29. The molecule has 0 saturated carbocycles. The van der Waals surface area contributed by atoms with Crippen LogP contribution in [0.1, 0.15) is 29.8 Å². The van der Waals surface area contributed by atoms with Crippen molar-refractivity contribution in [1.82, 2.24) is 15.0 Å². The molecule has 4 aromatic rings. The number of thiazole rings is 1. The number of nitrogens with zero attached hydrogens (tertiary/aromatic N) is 2. The van der Waals surface area contributed by atoms with E-state index in [-0.39, 0.29) is 11.5 Å². The lowest BCUT2D eigenvalue weighted by Gasteiger charge is -2.03. The van der Waals surface area contributed by atoms with Crippen LogP contribution >= 0.6 is 11.3 Å². The second-order valence-electron chi connectivity index (χ2n) is 6.88. The third-order valence-electron chi connectivity index (χ3n) is 4.56. The molecule has 0 fully saturated rings. The van der Waals surface area contributed by atoms with Crippen LogP contribution in [-0.4, -0.2) is 20.9 Å². The molecule has 0 aliphatic rings. The Kier molecular flexibility index (Phi) is 4.92. The number of H-pyrrole nitrogens is 1. The molecule has 4 rings (SSSR count). The van der Waals surface area contributed by atoms with E-state index in [0.717, 1.165) is 15.8 Å². The predicted octanol–water partition coefficient (Wildman–Crippen LogP) is 4.11. The van der Waals surface area contributed by atoms with Crippen LogP contribution in [0.15, 0.2) is 41.2 Å². The molecule has 2 N–H and O–H groups in total. The molecular weight excluding hydrogens is 372 g/mol. The maximum Gasteiger partial charge on any atom is 0.258 e. The van der Waals surface area contributed by atoms with Gasteiger partial charge in [0.05, 0.1) is 21.1 Å². The topological polar surface area (TPSA) is 87.7 Å². The molecule has 0 aliphatic carbocycles. The van der Waals surface area contributed by atoms with Gasteiger partial charge in [0.15, 0.2) is 5.13 Å². The summed E-state index contributed by atoms with van der Waals surface area (Å²) in [6.45, 7) is 4.08. The summed E-state index contributed by atoms with van der Waals surface area (Å²) >= 11 is 1.48. The number of nitrogens with one attached hydrogen (secondary N) is 2. The van der Waals surface area contributed by atoms with Crippen LogP contribution in [0.3, 0.4) is 0 Å². The van der Waals surface area contributed by atoms with Crippen molar-refractivity contribution in [2.75, 3.05) is 5.32 Å². The largest absolute Gasteiger partial charge is 0.310 e. The number of rotatable bonds is 5. The van der Waals surface area contributed by atoms with Gasteiger partial charge in [0, 0.05) is 12.8 Å². The van der Waals surface area contributed by atoms with Gasteiger partial charge >= 0.3 is 0 Å². The summed E-state index contributed by atoms with van der Waals surface area (Å²) in [7, 11) is 0. The van der Waals surface area contributed by atoms with Crippen molar-refractivity contribution in [3.05, 3.63) is 63.7 Å². The summed E-state index contributed by atoms with van der Waals surface area (Å²) in [5.74, 6) is 0.513. The molecule has 0 bridgehead atoms. The standard InChI is InChI=1S/C21H20N4O2S/c1-12-10-13(2)19-16(11-12)28-21(25-19)24-18(26)9-5-8-17-22-15-7-4-3-6-14(15)20(27)23-17/h3-4,6-7,10-11H,5,8-9H2,1-2H3,(H,22,23,27)(H,24,25,26). The Balaban J connectivity index is 1.39. The van der Waals surface area contributed by atoms with Crippen molar-refractivity contribution in [3.8, 4) is 0 Å². The van der Waals surface area contributed by atoms with Gasteiger partial charge in [-0.25, -0.2) is 9.97 Å². The fraction of sp³-hybridized carbons (Fsp3) is 0.238. The van der Waals surface area contributed by atoms with Crippen molar-refractivity contribution in [1.29, 1.82) is 0 Å². The van der Waals surface area contributed by atoms with Gasteiger partial charge in [0.25, 0.3) is 5.56 Å². The molecule has 0 unspecified atom stereocenters. The first kappa shape index (κ1) is 18.3. The molecule has 7 heteroatoms. The summed E-state index contributed by atoms with van der Waals surface area (Å²) in [6, 6.07) is 11.4. The van der Waals surface area contributed by atoms with E-state index in [1.165, 1.54) is 16.9 Å². The molecule has 0 radical (unpaired) electrons. The van der Waals surface area contributed by atoms with E-state index in [2.05, 4.69) is 39.3 Å². The van der Waals surface area contributed by atoms with Gasteiger partial charge in [-0.05, 0) is 49.6 Å². The Hall–Kier alpha value is -3.06. The van der Waals surface area contributed by atoms with Gasteiger partial charge in [0.2, 0.25) is 5.91 Å². The van der Waals surface area contributed by atoms with Crippen molar-refractivity contribution >= 4 is 43.5 Å². The van der Waals surface area contributed by atoms with Crippen LogP contribution in [-0.2, 0) is 11.2 Å². The summed E-state index contributed by atoms with van der Waals surface area (Å²) in [4.78, 5) is 36.2. The Morgan fingerprint density at radius 1 is 1.18 bits per heavy atom. The lowest BCUT2D eigenvalue weighted by atomic mass is 10.1. The number of aromatic amines is 1. The number of anilines is 1. The number of carbonyl (C=O) groups excluding carboxylic acids is 1. The van der Waals surface area contributed by atoms with Gasteiger partial charge < -0.3 is 10.3 Å². The molecule has 6 nitrogen and oxygen atoms in total.